The van der Waals surface area contributed by atoms with E-state index in [9.17, 15) is 0 Å². The Labute approximate surface area is 115 Å². The van der Waals surface area contributed by atoms with E-state index in [4.69, 9.17) is 12.2 Å². The standard InChI is InChI=1S/C12H14N6S/c1-7-10-11(17(3)16-7)18(12(19)15-10)6-9-4-5-13-8(2)14-9/h4-5H,6H2,1-3H3,(H,15,19). The molecule has 3 heterocycles. The number of imidazole rings is 1. The van der Waals surface area contributed by atoms with Gasteiger partial charge in [-0.1, -0.05) is 0 Å². The minimum absolute atomic E-state index is 0.612. The van der Waals surface area contributed by atoms with Crippen molar-refractivity contribution in [1.29, 1.82) is 0 Å². The number of hydrogen-bond donors (Lipinski definition) is 1. The third-order valence-electron chi connectivity index (χ3n) is 3.08. The molecule has 0 aliphatic carbocycles. The molecule has 0 saturated carbocycles. The maximum absolute atomic E-state index is 5.38. The van der Waals surface area contributed by atoms with Crippen molar-refractivity contribution in [2.24, 2.45) is 7.05 Å². The van der Waals surface area contributed by atoms with Gasteiger partial charge in [0.05, 0.1) is 17.9 Å². The Hall–Kier alpha value is -2.02. The van der Waals surface area contributed by atoms with Crippen LogP contribution in [0.2, 0.25) is 0 Å². The lowest BCUT2D eigenvalue weighted by molar-refractivity contribution is 0.703. The van der Waals surface area contributed by atoms with Gasteiger partial charge in [0.1, 0.15) is 11.3 Å². The van der Waals surface area contributed by atoms with E-state index in [0.717, 1.165) is 28.4 Å². The molecule has 0 saturated heterocycles. The zero-order valence-corrected chi connectivity index (χ0v) is 11.8. The third-order valence-corrected chi connectivity index (χ3v) is 3.40. The maximum atomic E-state index is 5.38. The summed E-state index contributed by atoms with van der Waals surface area (Å²) in [4.78, 5) is 11.7. The van der Waals surface area contributed by atoms with Crippen LogP contribution in [0.1, 0.15) is 17.2 Å². The van der Waals surface area contributed by atoms with Gasteiger partial charge in [0, 0.05) is 13.2 Å². The van der Waals surface area contributed by atoms with Crippen molar-refractivity contribution in [1.82, 2.24) is 29.3 Å². The minimum Gasteiger partial charge on any atom is -0.328 e. The van der Waals surface area contributed by atoms with Gasteiger partial charge in [0.25, 0.3) is 0 Å². The minimum atomic E-state index is 0.612. The van der Waals surface area contributed by atoms with Crippen LogP contribution < -0.4 is 0 Å². The van der Waals surface area contributed by atoms with Crippen LogP contribution in [-0.2, 0) is 13.6 Å². The fraction of sp³-hybridized carbons (Fsp3) is 0.333. The van der Waals surface area contributed by atoms with Gasteiger partial charge in [-0.15, -0.1) is 0 Å². The molecule has 3 aromatic heterocycles. The summed E-state index contributed by atoms with van der Waals surface area (Å²) in [5.41, 5.74) is 3.85. The second-order valence-corrected chi connectivity index (χ2v) is 4.91. The number of nitrogens with zero attached hydrogens (tertiary/aromatic N) is 5. The molecule has 98 valence electrons. The molecule has 0 aliphatic heterocycles. The number of aryl methyl sites for hydroxylation is 3. The largest absolute Gasteiger partial charge is 0.328 e. The van der Waals surface area contributed by atoms with Gasteiger partial charge in [0.2, 0.25) is 0 Å². The highest BCUT2D eigenvalue weighted by Crippen LogP contribution is 2.17. The average molecular weight is 274 g/mol. The van der Waals surface area contributed by atoms with E-state index in [1.165, 1.54) is 0 Å². The average Bonchev–Trinajstić information content (AvgIpc) is 2.80. The molecular weight excluding hydrogens is 260 g/mol. The number of rotatable bonds is 2. The lowest BCUT2D eigenvalue weighted by Gasteiger charge is -2.04. The molecule has 0 aliphatic rings. The number of aromatic amines is 1. The Morgan fingerprint density at radius 2 is 2.16 bits per heavy atom. The molecule has 0 aromatic carbocycles. The fourth-order valence-electron chi connectivity index (χ4n) is 2.27. The van der Waals surface area contributed by atoms with Crippen LogP contribution in [0.3, 0.4) is 0 Å². The lowest BCUT2D eigenvalue weighted by Crippen LogP contribution is -2.06. The molecule has 0 fully saturated rings. The number of H-pyrrole nitrogens is 1. The van der Waals surface area contributed by atoms with Crippen LogP contribution in [0.5, 0.6) is 0 Å². The molecule has 0 atom stereocenters. The molecule has 0 radical (unpaired) electrons. The first-order valence-corrected chi connectivity index (χ1v) is 6.37. The molecule has 0 spiro atoms. The third kappa shape index (κ3) is 1.95. The fourth-order valence-corrected chi connectivity index (χ4v) is 2.53. The van der Waals surface area contributed by atoms with Crippen molar-refractivity contribution in [2.75, 3.05) is 0 Å². The summed E-state index contributed by atoms with van der Waals surface area (Å²) in [5, 5.41) is 4.40. The van der Waals surface area contributed by atoms with Gasteiger partial charge in [-0.05, 0) is 32.1 Å². The summed E-state index contributed by atoms with van der Waals surface area (Å²) in [6, 6.07) is 1.90. The van der Waals surface area contributed by atoms with E-state index in [1.54, 1.807) is 6.20 Å². The van der Waals surface area contributed by atoms with E-state index in [1.807, 2.05) is 36.2 Å². The molecule has 0 amide bonds. The normalized spacial score (nSPS) is 11.3. The van der Waals surface area contributed by atoms with Gasteiger partial charge in [-0.3, -0.25) is 9.25 Å². The Morgan fingerprint density at radius 1 is 1.37 bits per heavy atom. The zero-order chi connectivity index (χ0) is 13.6. The van der Waals surface area contributed by atoms with Crippen LogP contribution >= 0.6 is 12.2 Å². The molecule has 0 bridgehead atoms. The Morgan fingerprint density at radius 3 is 2.89 bits per heavy atom. The van der Waals surface area contributed by atoms with Crippen LogP contribution in [0, 0.1) is 18.6 Å². The molecule has 0 unspecified atom stereocenters. The number of fused-ring (bicyclic) bond motifs is 1. The first-order chi connectivity index (χ1) is 9.06. The summed E-state index contributed by atoms with van der Waals surface area (Å²) in [7, 11) is 1.92. The molecule has 7 heteroatoms. The molecule has 6 nitrogen and oxygen atoms in total. The van der Waals surface area contributed by atoms with E-state index in [0.29, 0.717) is 11.3 Å². The maximum Gasteiger partial charge on any atom is 0.179 e. The van der Waals surface area contributed by atoms with E-state index in [-0.39, 0.29) is 0 Å². The molecule has 3 aromatic rings. The summed E-state index contributed by atoms with van der Waals surface area (Å²) in [6.45, 7) is 4.46. The molecule has 19 heavy (non-hydrogen) atoms. The predicted molar refractivity (Wildman–Crippen MR) is 74.5 cm³/mol. The topological polar surface area (TPSA) is 64.3 Å². The number of hydrogen-bond acceptors (Lipinski definition) is 4. The van der Waals surface area contributed by atoms with Crippen molar-refractivity contribution < 1.29 is 0 Å². The monoisotopic (exact) mass is 274 g/mol. The summed E-state index contributed by atoms with van der Waals surface area (Å²) in [6.07, 6.45) is 1.76. The molecular formula is C12H14N6S. The SMILES string of the molecule is Cc1nccc(Cn2c(=S)[nH]c3c(C)nn(C)c32)n1. The van der Waals surface area contributed by atoms with Crippen LogP contribution in [0.15, 0.2) is 12.3 Å². The summed E-state index contributed by atoms with van der Waals surface area (Å²) < 4.78 is 4.53. The molecule has 3 rings (SSSR count). The highest BCUT2D eigenvalue weighted by atomic mass is 32.1. The van der Waals surface area contributed by atoms with Crippen molar-refractivity contribution >= 4 is 23.4 Å². The van der Waals surface area contributed by atoms with Crippen LogP contribution in [-0.4, -0.2) is 29.3 Å². The second-order valence-electron chi connectivity index (χ2n) is 4.52. The highest BCUT2D eigenvalue weighted by Gasteiger charge is 2.13. The van der Waals surface area contributed by atoms with Crippen molar-refractivity contribution in [2.45, 2.75) is 20.4 Å². The van der Waals surface area contributed by atoms with Gasteiger partial charge in [-0.2, -0.15) is 5.10 Å². The van der Waals surface area contributed by atoms with E-state index < -0.39 is 0 Å². The zero-order valence-electron chi connectivity index (χ0n) is 11.0. The first-order valence-electron chi connectivity index (χ1n) is 5.97. The smallest absolute Gasteiger partial charge is 0.179 e. The number of aromatic nitrogens is 6. The van der Waals surface area contributed by atoms with Crippen molar-refractivity contribution in [3.8, 4) is 0 Å². The Balaban J connectivity index is 2.15. The van der Waals surface area contributed by atoms with E-state index in [2.05, 4.69) is 20.1 Å². The molecule has 1 N–H and O–H groups in total. The first kappa shape index (κ1) is 12.0. The van der Waals surface area contributed by atoms with Gasteiger partial charge < -0.3 is 4.98 Å². The predicted octanol–water partition coefficient (Wildman–Crippen LogP) is 1.89. The Bertz CT molecular complexity index is 809. The second kappa shape index (κ2) is 4.27. The van der Waals surface area contributed by atoms with E-state index >= 15 is 0 Å². The highest BCUT2D eigenvalue weighted by molar-refractivity contribution is 7.71. The quantitative estimate of drug-likeness (QED) is 0.725. The van der Waals surface area contributed by atoms with Crippen LogP contribution in [0.4, 0.5) is 0 Å². The van der Waals surface area contributed by atoms with Crippen molar-refractivity contribution in [3.63, 3.8) is 0 Å². The van der Waals surface area contributed by atoms with Gasteiger partial charge in [0.15, 0.2) is 10.4 Å². The lowest BCUT2D eigenvalue weighted by atomic mass is 10.4. The van der Waals surface area contributed by atoms with Crippen LogP contribution in [0.25, 0.3) is 11.2 Å². The Kier molecular flexibility index (Phi) is 2.70. The number of nitrogens with one attached hydrogen (secondary N) is 1. The van der Waals surface area contributed by atoms with Gasteiger partial charge >= 0.3 is 0 Å². The van der Waals surface area contributed by atoms with Crippen molar-refractivity contribution in [3.05, 3.63) is 34.2 Å². The summed E-state index contributed by atoms with van der Waals surface area (Å²) >= 11 is 5.38. The van der Waals surface area contributed by atoms with Gasteiger partial charge in [-0.25, -0.2) is 9.97 Å². The summed E-state index contributed by atoms with van der Waals surface area (Å²) in [5.74, 6) is 0.761.